The molecular weight excluding hydrogens is 312 g/mol. The van der Waals surface area contributed by atoms with Crippen LogP contribution in [0.3, 0.4) is 0 Å². The number of hydrogen-bond acceptors (Lipinski definition) is 4. The quantitative estimate of drug-likeness (QED) is 0.804. The van der Waals surface area contributed by atoms with Crippen LogP contribution in [0.2, 0.25) is 0 Å². The average Bonchev–Trinajstić information content (AvgIpc) is 2.55. The van der Waals surface area contributed by atoms with E-state index in [1.54, 1.807) is 19.1 Å². The van der Waals surface area contributed by atoms with Gasteiger partial charge in [-0.1, -0.05) is 30.3 Å². The summed E-state index contributed by atoms with van der Waals surface area (Å²) in [6, 6.07) is 16.0. The number of rotatable bonds is 7. The zero-order valence-corrected chi connectivity index (χ0v) is 13.9. The van der Waals surface area contributed by atoms with Crippen LogP contribution < -0.4 is 4.74 Å². The van der Waals surface area contributed by atoms with Gasteiger partial charge in [0.05, 0.1) is 5.25 Å². The van der Waals surface area contributed by atoms with Gasteiger partial charge in [0.25, 0.3) is 0 Å². The zero-order chi connectivity index (χ0) is 16.9. The van der Waals surface area contributed by atoms with Gasteiger partial charge in [-0.15, -0.1) is 11.8 Å². The third kappa shape index (κ3) is 4.42. The lowest BCUT2D eigenvalue weighted by atomic mass is 10.0. The van der Waals surface area contributed by atoms with Crippen molar-refractivity contribution in [3.8, 4) is 11.5 Å². The summed E-state index contributed by atoms with van der Waals surface area (Å²) in [5.41, 5.74) is -0.224. The standard InChI is InChI=1S/C18H20O4S/c1-13(23-12-14-6-4-3-5-7-14)18(2,17(20)21)22-16-10-8-15(19)9-11-16/h3-11,13,19H,12H2,1-2H3,(H,20,21). The van der Waals surface area contributed by atoms with Crippen LogP contribution >= 0.6 is 11.8 Å². The summed E-state index contributed by atoms with van der Waals surface area (Å²) in [7, 11) is 0. The molecule has 0 fully saturated rings. The van der Waals surface area contributed by atoms with Gasteiger partial charge in [0.2, 0.25) is 5.60 Å². The number of phenolic OH excluding ortho intramolecular Hbond substituents is 1. The second-order valence-electron chi connectivity index (χ2n) is 5.45. The van der Waals surface area contributed by atoms with Crippen molar-refractivity contribution < 1.29 is 19.7 Å². The molecule has 2 N–H and O–H groups in total. The van der Waals surface area contributed by atoms with Gasteiger partial charge in [0, 0.05) is 5.75 Å². The van der Waals surface area contributed by atoms with Crippen molar-refractivity contribution >= 4 is 17.7 Å². The van der Waals surface area contributed by atoms with E-state index in [4.69, 9.17) is 4.74 Å². The molecule has 2 aromatic rings. The highest BCUT2D eigenvalue weighted by atomic mass is 32.2. The molecule has 2 aromatic carbocycles. The van der Waals surface area contributed by atoms with Gasteiger partial charge in [0.1, 0.15) is 11.5 Å². The molecule has 2 unspecified atom stereocenters. The van der Waals surface area contributed by atoms with E-state index in [1.165, 1.54) is 23.9 Å². The van der Waals surface area contributed by atoms with E-state index in [0.717, 1.165) is 5.56 Å². The van der Waals surface area contributed by atoms with Crippen molar-refractivity contribution in [2.75, 3.05) is 0 Å². The first-order chi connectivity index (χ1) is 10.9. The minimum absolute atomic E-state index is 0.112. The molecule has 0 amide bonds. The number of aromatic hydroxyl groups is 1. The second kappa shape index (κ2) is 7.42. The van der Waals surface area contributed by atoms with Crippen LogP contribution in [0.25, 0.3) is 0 Å². The Morgan fingerprint density at radius 1 is 1.17 bits per heavy atom. The monoisotopic (exact) mass is 332 g/mol. The van der Waals surface area contributed by atoms with E-state index in [0.29, 0.717) is 11.5 Å². The fourth-order valence-electron chi connectivity index (χ4n) is 2.01. The molecule has 0 aliphatic rings. The summed E-state index contributed by atoms with van der Waals surface area (Å²) in [5.74, 6) is 0.225. The topological polar surface area (TPSA) is 66.8 Å². The third-order valence-electron chi connectivity index (χ3n) is 3.71. The van der Waals surface area contributed by atoms with E-state index >= 15 is 0 Å². The molecule has 23 heavy (non-hydrogen) atoms. The number of carbonyl (C=O) groups is 1. The smallest absolute Gasteiger partial charge is 0.348 e. The molecule has 2 rings (SSSR count). The number of ether oxygens (including phenoxy) is 1. The molecule has 5 heteroatoms. The van der Waals surface area contributed by atoms with Crippen molar-refractivity contribution in [3.63, 3.8) is 0 Å². The van der Waals surface area contributed by atoms with E-state index in [9.17, 15) is 15.0 Å². The van der Waals surface area contributed by atoms with Crippen molar-refractivity contribution in [3.05, 3.63) is 60.2 Å². The van der Waals surface area contributed by atoms with Crippen LogP contribution in [-0.2, 0) is 10.5 Å². The molecule has 4 nitrogen and oxygen atoms in total. The minimum atomic E-state index is -1.36. The van der Waals surface area contributed by atoms with Crippen LogP contribution in [-0.4, -0.2) is 27.0 Å². The first-order valence-electron chi connectivity index (χ1n) is 7.29. The summed E-state index contributed by atoms with van der Waals surface area (Å²) in [6.45, 7) is 3.42. The maximum atomic E-state index is 11.8. The SMILES string of the molecule is CC(SCc1ccccc1)C(C)(Oc1ccc(O)cc1)C(=O)O. The summed E-state index contributed by atoms with van der Waals surface area (Å²) in [4.78, 5) is 11.8. The summed E-state index contributed by atoms with van der Waals surface area (Å²) >= 11 is 1.53. The molecule has 0 spiro atoms. The Balaban J connectivity index is 2.08. The lowest BCUT2D eigenvalue weighted by Gasteiger charge is -2.32. The summed E-state index contributed by atoms with van der Waals surface area (Å²) in [6.07, 6.45) is 0. The van der Waals surface area contributed by atoms with Crippen molar-refractivity contribution in [1.29, 1.82) is 0 Å². The maximum absolute atomic E-state index is 11.8. The molecule has 0 radical (unpaired) electrons. The van der Waals surface area contributed by atoms with Crippen LogP contribution in [0, 0.1) is 0 Å². The highest BCUT2D eigenvalue weighted by Gasteiger charge is 2.42. The Morgan fingerprint density at radius 3 is 2.35 bits per heavy atom. The first-order valence-corrected chi connectivity index (χ1v) is 8.33. The molecule has 122 valence electrons. The van der Waals surface area contributed by atoms with Crippen molar-refractivity contribution in [2.24, 2.45) is 0 Å². The van der Waals surface area contributed by atoms with Crippen LogP contribution in [0.5, 0.6) is 11.5 Å². The number of phenols is 1. The van der Waals surface area contributed by atoms with Crippen LogP contribution in [0.15, 0.2) is 54.6 Å². The maximum Gasteiger partial charge on any atom is 0.348 e. The van der Waals surface area contributed by atoms with Gasteiger partial charge < -0.3 is 14.9 Å². The first kappa shape index (κ1) is 17.2. The highest BCUT2D eigenvalue weighted by Crippen LogP contribution is 2.31. The van der Waals surface area contributed by atoms with E-state index in [1.807, 2.05) is 37.3 Å². The predicted molar refractivity (Wildman–Crippen MR) is 92.0 cm³/mol. The summed E-state index contributed by atoms with van der Waals surface area (Å²) in [5, 5.41) is 18.7. The van der Waals surface area contributed by atoms with Gasteiger partial charge in [0.15, 0.2) is 0 Å². The largest absolute Gasteiger partial charge is 0.508 e. The zero-order valence-electron chi connectivity index (χ0n) is 13.1. The average molecular weight is 332 g/mol. The molecule has 0 heterocycles. The van der Waals surface area contributed by atoms with E-state index < -0.39 is 11.6 Å². The molecule has 2 atom stereocenters. The predicted octanol–water partition coefficient (Wildman–Crippen LogP) is 3.94. The van der Waals surface area contributed by atoms with Gasteiger partial charge in [-0.3, -0.25) is 0 Å². The van der Waals surface area contributed by atoms with Crippen molar-refractivity contribution in [2.45, 2.75) is 30.5 Å². The lowest BCUT2D eigenvalue weighted by molar-refractivity contribution is -0.153. The molecule has 0 bridgehead atoms. The summed E-state index contributed by atoms with van der Waals surface area (Å²) < 4.78 is 5.74. The number of hydrogen-bond donors (Lipinski definition) is 2. The molecule has 0 saturated carbocycles. The Hall–Kier alpha value is -2.14. The fraction of sp³-hybridized carbons (Fsp3) is 0.278. The van der Waals surface area contributed by atoms with Gasteiger partial charge in [-0.05, 0) is 43.7 Å². The number of aliphatic carboxylic acids is 1. The normalized spacial score (nSPS) is 14.7. The molecule has 0 aliphatic heterocycles. The van der Waals surface area contributed by atoms with Gasteiger partial charge in [-0.25, -0.2) is 4.79 Å². The van der Waals surface area contributed by atoms with Crippen LogP contribution in [0.1, 0.15) is 19.4 Å². The highest BCUT2D eigenvalue weighted by molar-refractivity contribution is 7.99. The number of benzene rings is 2. The third-order valence-corrected chi connectivity index (χ3v) is 5.16. The minimum Gasteiger partial charge on any atom is -0.508 e. The second-order valence-corrected chi connectivity index (χ2v) is 6.78. The Morgan fingerprint density at radius 2 is 1.78 bits per heavy atom. The Kier molecular flexibility index (Phi) is 5.55. The molecule has 0 saturated heterocycles. The lowest BCUT2D eigenvalue weighted by Crippen LogP contribution is -2.49. The van der Waals surface area contributed by atoms with Crippen LogP contribution in [0.4, 0.5) is 0 Å². The number of carboxylic acids is 1. The Labute approximate surface area is 140 Å². The van der Waals surface area contributed by atoms with Gasteiger partial charge in [-0.2, -0.15) is 0 Å². The number of thioether (sulfide) groups is 1. The molecule has 0 aromatic heterocycles. The molecular formula is C18H20O4S. The Bertz CT molecular complexity index is 642. The van der Waals surface area contributed by atoms with E-state index in [-0.39, 0.29) is 11.0 Å². The number of carboxylic acid groups (broad SMARTS) is 1. The van der Waals surface area contributed by atoms with E-state index in [2.05, 4.69) is 0 Å². The van der Waals surface area contributed by atoms with Gasteiger partial charge >= 0.3 is 5.97 Å². The fourth-order valence-corrected chi connectivity index (χ4v) is 3.12. The molecule has 0 aliphatic carbocycles. The van der Waals surface area contributed by atoms with Crippen molar-refractivity contribution in [1.82, 2.24) is 0 Å².